The van der Waals surface area contributed by atoms with Gasteiger partial charge in [-0.1, -0.05) is 18.2 Å². The van der Waals surface area contributed by atoms with E-state index in [0.717, 1.165) is 17.8 Å². The zero-order valence-electron chi connectivity index (χ0n) is 16.6. The minimum absolute atomic E-state index is 0.0109. The molecule has 1 saturated heterocycles. The van der Waals surface area contributed by atoms with E-state index in [1.165, 1.54) is 7.11 Å². The van der Waals surface area contributed by atoms with Gasteiger partial charge in [0.05, 0.1) is 17.6 Å². The van der Waals surface area contributed by atoms with Crippen LogP contribution in [0.15, 0.2) is 36.7 Å². The number of carbonyl (C=O) groups is 2. The van der Waals surface area contributed by atoms with Crippen LogP contribution >= 0.6 is 0 Å². The predicted octanol–water partition coefficient (Wildman–Crippen LogP) is 1.34. The average molecular weight is 398 g/mol. The highest BCUT2D eigenvalue weighted by Gasteiger charge is 2.49. The Kier molecular flexibility index (Phi) is 5.53. The number of hydrogen-bond acceptors (Lipinski definition) is 5. The molecule has 1 spiro atoms. The molecule has 0 radical (unpaired) electrons. The fraction of sp³-hybridized carbons (Fsp3) is 0.476. The molecule has 0 saturated carbocycles. The number of carbonyl (C=O) groups excluding carboxylic acids is 2. The Bertz CT molecular complexity index is 859. The van der Waals surface area contributed by atoms with E-state index in [0.29, 0.717) is 38.2 Å². The van der Waals surface area contributed by atoms with Gasteiger partial charge in [-0.15, -0.1) is 0 Å². The summed E-state index contributed by atoms with van der Waals surface area (Å²) in [5.74, 6) is 0.601. The fourth-order valence-electron chi connectivity index (χ4n) is 4.43. The first-order valence-electron chi connectivity index (χ1n) is 9.92. The number of imidazole rings is 1. The van der Waals surface area contributed by atoms with Gasteiger partial charge in [-0.2, -0.15) is 0 Å². The molecular weight excluding hydrogens is 372 g/mol. The van der Waals surface area contributed by atoms with Crippen LogP contribution in [-0.2, 0) is 26.3 Å². The summed E-state index contributed by atoms with van der Waals surface area (Å²) in [5.41, 5.74) is 1.53. The molecule has 0 atom stereocenters. The van der Waals surface area contributed by atoms with Crippen molar-refractivity contribution in [2.45, 2.75) is 24.8 Å². The zero-order chi connectivity index (χ0) is 20.3. The number of nitrogens with zero attached hydrogens (tertiary/aromatic N) is 3. The van der Waals surface area contributed by atoms with Gasteiger partial charge in [0.25, 0.3) is 5.91 Å². The molecule has 2 amide bonds. The van der Waals surface area contributed by atoms with E-state index in [2.05, 4.69) is 9.97 Å². The van der Waals surface area contributed by atoms with E-state index in [1.54, 1.807) is 6.33 Å². The smallest absolute Gasteiger partial charge is 0.260 e. The summed E-state index contributed by atoms with van der Waals surface area (Å²) in [6.07, 6.45) is 3.75. The molecule has 1 aromatic heterocycles. The number of hydrogen-bond donors (Lipinski definition) is 1. The van der Waals surface area contributed by atoms with Gasteiger partial charge in [0.2, 0.25) is 5.91 Å². The molecular formula is C21H26N4O4. The van der Waals surface area contributed by atoms with Gasteiger partial charge in [-0.25, -0.2) is 4.98 Å². The molecule has 8 nitrogen and oxygen atoms in total. The average Bonchev–Trinajstić information content (AvgIpc) is 3.24. The number of aromatic nitrogens is 2. The lowest BCUT2D eigenvalue weighted by Crippen LogP contribution is -2.59. The number of rotatable bonds is 5. The maximum atomic E-state index is 12.7. The normalized spacial score (nSPS) is 17.8. The summed E-state index contributed by atoms with van der Waals surface area (Å²) < 4.78 is 10.7. The lowest BCUT2D eigenvalue weighted by molar-refractivity contribution is -0.148. The van der Waals surface area contributed by atoms with E-state index in [4.69, 9.17) is 9.47 Å². The molecule has 0 bridgehead atoms. The van der Waals surface area contributed by atoms with Crippen LogP contribution in [-0.4, -0.2) is 71.5 Å². The Balaban J connectivity index is 1.45. The van der Waals surface area contributed by atoms with Crippen molar-refractivity contribution in [3.8, 4) is 5.75 Å². The minimum atomic E-state index is -0.486. The van der Waals surface area contributed by atoms with Crippen LogP contribution in [0.5, 0.6) is 5.75 Å². The highest BCUT2D eigenvalue weighted by molar-refractivity contribution is 5.80. The summed E-state index contributed by atoms with van der Waals surface area (Å²) in [6, 6.07) is 9.32. The van der Waals surface area contributed by atoms with Crippen molar-refractivity contribution < 1.29 is 19.1 Å². The number of benzene rings is 1. The Labute approximate surface area is 169 Å². The number of nitrogens with one attached hydrogen (secondary N) is 1. The summed E-state index contributed by atoms with van der Waals surface area (Å²) in [5, 5.41) is 0. The first kappa shape index (κ1) is 19.4. The molecule has 29 heavy (non-hydrogen) atoms. The van der Waals surface area contributed by atoms with Crippen molar-refractivity contribution >= 4 is 11.8 Å². The van der Waals surface area contributed by atoms with Gasteiger partial charge in [-0.3, -0.25) is 9.59 Å². The number of aromatic amines is 1. The summed E-state index contributed by atoms with van der Waals surface area (Å²) in [7, 11) is 1.53. The van der Waals surface area contributed by atoms with Crippen molar-refractivity contribution in [1.29, 1.82) is 0 Å². The number of amides is 2. The lowest BCUT2D eigenvalue weighted by atomic mass is 9.78. The van der Waals surface area contributed by atoms with Gasteiger partial charge in [0.1, 0.15) is 12.4 Å². The van der Waals surface area contributed by atoms with E-state index in [-0.39, 0.29) is 25.0 Å². The Hall–Kier alpha value is -2.87. The third kappa shape index (κ3) is 3.72. The number of H-pyrrole nitrogens is 1. The SMILES string of the molecule is COCC(=O)N1CCc2[nH]cnc2C12CCN(C(=O)COc1ccccc1)CC2. The molecule has 2 aliphatic heterocycles. The predicted molar refractivity (Wildman–Crippen MR) is 105 cm³/mol. The number of ether oxygens (including phenoxy) is 2. The topological polar surface area (TPSA) is 87.8 Å². The second-order valence-corrected chi connectivity index (χ2v) is 7.47. The lowest BCUT2D eigenvalue weighted by Gasteiger charge is -2.50. The highest BCUT2D eigenvalue weighted by Crippen LogP contribution is 2.42. The molecule has 4 rings (SSSR count). The first-order valence-corrected chi connectivity index (χ1v) is 9.92. The first-order chi connectivity index (χ1) is 14.1. The van der Waals surface area contributed by atoms with Crippen molar-refractivity contribution in [3.05, 3.63) is 48.0 Å². The highest BCUT2D eigenvalue weighted by atomic mass is 16.5. The van der Waals surface area contributed by atoms with Gasteiger partial charge < -0.3 is 24.3 Å². The largest absolute Gasteiger partial charge is 0.484 e. The number of fused-ring (bicyclic) bond motifs is 2. The van der Waals surface area contributed by atoms with E-state index in [9.17, 15) is 9.59 Å². The van der Waals surface area contributed by atoms with Crippen molar-refractivity contribution in [2.75, 3.05) is 40.0 Å². The van der Waals surface area contributed by atoms with Gasteiger partial charge in [0.15, 0.2) is 6.61 Å². The Morgan fingerprint density at radius 1 is 1.10 bits per heavy atom. The molecule has 8 heteroatoms. The van der Waals surface area contributed by atoms with E-state index < -0.39 is 5.54 Å². The van der Waals surface area contributed by atoms with Gasteiger partial charge in [-0.05, 0) is 25.0 Å². The van der Waals surface area contributed by atoms with Gasteiger partial charge >= 0.3 is 0 Å². The molecule has 154 valence electrons. The van der Waals surface area contributed by atoms with Crippen LogP contribution in [0, 0.1) is 0 Å². The monoisotopic (exact) mass is 398 g/mol. The van der Waals surface area contributed by atoms with Crippen LogP contribution in [0.2, 0.25) is 0 Å². The number of methoxy groups -OCH3 is 1. The maximum absolute atomic E-state index is 12.7. The standard InChI is InChI=1S/C21H26N4O4/c1-28-13-19(27)25-10-7-17-20(23-15-22-17)21(25)8-11-24(12-9-21)18(26)14-29-16-5-3-2-4-6-16/h2-6,15H,7-14H2,1H3,(H,22,23). The van der Waals surface area contributed by atoms with Gasteiger partial charge in [0, 0.05) is 38.9 Å². The van der Waals surface area contributed by atoms with Crippen LogP contribution < -0.4 is 4.74 Å². The summed E-state index contributed by atoms with van der Waals surface area (Å²) in [6.45, 7) is 1.80. The third-order valence-corrected chi connectivity index (χ3v) is 5.88. The third-order valence-electron chi connectivity index (χ3n) is 5.88. The van der Waals surface area contributed by atoms with Crippen LogP contribution in [0.3, 0.4) is 0 Å². The quantitative estimate of drug-likeness (QED) is 0.821. The molecule has 1 aromatic carbocycles. The Morgan fingerprint density at radius 2 is 1.86 bits per heavy atom. The van der Waals surface area contributed by atoms with Crippen LogP contribution in [0.25, 0.3) is 0 Å². The molecule has 0 unspecified atom stereocenters. The number of piperidine rings is 1. The molecule has 3 heterocycles. The van der Waals surface area contributed by atoms with Crippen molar-refractivity contribution in [2.24, 2.45) is 0 Å². The van der Waals surface area contributed by atoms with Crippen LogP contribution in [0.4, 0.5) is 0 Å². The maximum Gasteiger partial charge on any atom is 0.260 e. The van der Waals surface area contributed by atoms with Crippen molar-refractivity contribution in [3.63, 3.8) is 0 Å². The van der Waals surface area contributed by atoms with E-state index >= 15 is 0 Å². The summed E-state index contributed by atoms with van der Waals surface area (Å²) in [4.78, 5) is 36.9. The van der Waals surface area contributed by atoms with E-state index in [1.807, 2.05) is 40.1 Å². The zero-order valence-corrected chi connectivity index (χ0v) is 16.6. The number of likely N-dealkylation sites (tertiary alicyclic amines) is 1. The second kappa shape index (κ2) is 8.24. The minimum Gasteiger partial charge on any atom is -0.484 e. The fourth-order valence-corrected chi connectivity index (χ4v) is 4.43. The molecule has 0 aliphatic carbocycles. The van der Waals surface area contributed by atoms with Crippen molar-refractivity contribution in [1.82, 2.24) is 19.8 Å². The molecule has 2 aromatic rings. The second-order valence-electron chi connectivity index (χ2n) is 7.47. The molecule has 1 N–H and O–H groups in total. The Morgan fingerprint density at radius 3 is 2.59 bits per heavy atom. The molecule has 2 aliphatic rings. The number of para-hydroxylation sites is 1. The molecule has 1 fully saturated rings. The summed E-state index contributed by atoms with van der Waals surface area (Å²) >= 11 is 0. The van der Waals surface area contributed by atoms with Crippen LogP contribution in [0.1, 0.15) is 24.2 Å².